The normalized spacial score (nSPS) is 23.2. The van der Waals surface area contributed by atoms with Crippen molar-refractivity contribution in [3.05, 3.63) is 47.3 Å². The van der Waals surface area contributed by atoms with Crippen LogP contribution in [-0.4, -0.2) is 45.2 Å². The first-order chi connectivity index (χ1) is 17.3. The van der Waals surface area contributed by atoms with Crippen molar-refractivity contribution in [3.63, 3.8) is 0 Å². The number of halogens is 2. The van der Waals surface area contributed by atoms with Crippen molar-refractivity contribution in [2.75, 3.05) is 11.5 Å². The van der Waals surface area contributed by atoms with Gasteiger partial charge in [0, 0.05) is 12.8 Å². The van der Waals surface area contributed by atoms with Gasteiger partial charge in [-0.3, -0.25) is 9.13 Å². The molecule has 4 heterocycles. The lowest BCUT2D eigenvalue weighted by atomic mass is 10.2. The first-order valence-electron chi connectivity index (χ1n) is 10.9. The number of hydrogen-bond donors (Lipinski definition) is 2. The van der Waals surface area contributed by atoms with Crippen LogP contribution in [-0.2, 0) is 20.9 Å². The Morgan fingerprint density at radius 3 is 1.64 bits per heavy atom. The fourth-order valence-electron chi connectivity index (χ4n) is 4.58. The van der Waals surface area contributed by atoms with Gasteiger partial charge >= 0.3 is 6.16 Å². The van der Waals surface area contributed by atoms with Gasteiger partial charge < -0.3 is 20.9 Å². The second kappa shape index (κ2) is 8.03. The predicted octanol–water partition coefficient (Wildman–Crippen LogP) is 3.30. The number of fused-ring (bicyclic) bond motifs is 2. The maximum atomic E-state index is 13.3. The predicted molar refractivity (Wildman–Crippen MR) is 130 cm³/mol. The Bertz CT molecular complexity index is 1480. The average molecular weight is 529 g/mol. The number of allylic oxidation sites excluding steroid dienone is 2. The second-order valence-corrected chi connectivity index (χ2v) is 9.06. The van der Waals surface area contributed by atoms with Crippen molar-refractivity contribution < 1.29 is 14.3 Å². The SMILES string of the molecule is Nc1nc(Cl)c2ncn(C3(OC(=O)OC4(n5cnc6c(Cl)nc(N)nc65)C=CCC4)C=CCC3)c2n1. The molecule has 0 aliphatic heterocycles. The smallest absolute Gasteiger partial charge is 0.403 e. The third-order valence-corrected chi connectivity index (χ3v) is 6.70. The lowest BCUT2D eigenvalue weighted by molar-refractivity contribution is -0.1000. The van der Waals surface area contributed by atoms with E-state index in [1.54, 1.807) is 21.3 Å². The van der Waals surface area contributed by atoms with E-state index in [0.29, 0.717) is 48.0 Å². The molecule has 15 heteroatoms. The maximum absolute atomic E-state index is 13.3. The molecule has 0 radical (unpaired) electrons. The van der Waals surface area contributed by atoms with Crippen LogP contribution in [0.15, 0.2) is 37.0 Å². The van der Waals surface area contributed by atoms with E-state index in [4.69, 9.17) is 44.1 Å². The molecule has 6 rings (SSSR count). The molecule has 0 fully saturated rings. The van der Waals surface area contributed by atoms with Crippen LogP contribution in [0.1, 0.15) is 25.7 Å². The molecule has 0 aromatic carbocycles. The Labute approximate surface area is 212 Å². The Kier molecular flexibility index (Phi) is 5.02. The molecule has 0 saturated heterocycles. The summed E-state index contributed by atoms with van der Waals surface area (Å²) in [4.78, 5) is 38.3. The first kappa shape index (κ1) is 22.5. The summed E-state index contributed by atoms with van der Waals surface area (Å²) in [5.41, 5.74) is 10.4. The summed E-state index contributed by atoms with van der Waals surface area (Å²) in [6, 6.07) is 0. The second-order valence-electron chi connectivity index (χ2n) is 8.34. The summed E-state index contributed by atoms with van der Waals surface area (Å²) in [5, 5.41) is 0.191. The van der Waals surface area contributed by atoms with Crippen LogP contribution >= 0.6 is 23.2 Å². The Balaban J connectivity index is 1.37. The molecule has 13 nitrogen and oxygen atoms in total. The van der Waals surface area contributed by atoms with E-state index >= 15 is 0 Å². The quantitative estimate of drug-likeness (QED) is 0.225. The summed E-state index contributed by atoms with van der Waals surface area (Å²) in [7, 11) is 0. The number of rotatable bonds is 4. The van der Waals surface area contributed by atoms with Crippen molar-refractivity contribution >= 4 is 63.6 Å². The van der Waals surface area contributed by atoms with Crippen LogP contribution in [0.5, 0.6) is 0 Å². The van der Waals surface area contributed by atoms with Gasteiger partial charge in [-0.25, -0.2) is 14.8 Å². The first-order valence-corrected chi connectivity index (χ1v) is 11.7. The summed E-state index contributed by atoms with van der Waals surface area (Å²) >= 11 is 12.4. The zero-order chi connectivity index (χ0) is 25.1. The lowest BCUT2D eigenvalue weighted by Crippen LogP contribution is -2.40. The monoisotopic (exact) mass is 528 g/mol. The molecule has 0 amide bonds. The molecular formula is C21H18Cl2N10O3. The van der Waals surface area contributed by atoms with E-state index in [0.717, 1.165) is 0 Å². The van der Waals surface area contributed by atoms with Gasteiger partial charge in [0.2, 0.25) is 23.3 Å². The van der Waals surface area contributed by atoms with E-state index in [2.05, 4.69) is 29.9 Å². The molecule has 2 aliphatic rings. The summed E-state index contributed by atoms with van der Waals surface area (Å²) in [6.45, 7) is 0. The molecule has 2 atom stereocenters. The van der Waals surface area contributed by atoms with E-state index < -0.39 is 17.6 Å². The third-order valence-electron chi connectivity index (χ3n) is 6.17. The van der Waals surface area contributed by atoms with Gasteiger partial charge in [0.05, 0.1) is 0 Å². The van der Waals surface area contributed by atoms with Crippen LogP contribution in [0.3, 0.4) is 0 Å². The van der Waals surface area contributed by atoms with Gasteiger partial charge in [-0.1, -0.05) is 35.4 Å². The molecule has 0 bridgehead atoms. The minimum Gasteiger partial charge on any atom is -0.403 e. The number of ether oxygens (including phenoxy) is 2. The fourth-order valence-corrected chi connectivity index (χ4v) is 5.02. The lowest BCUT2D eigenvalue weighted by Gasteiger charge is -2.33. The Morgan fingerprint density at radius 2 is 1.25 bits per heavy atom. The van der Waals surface area contributed by atoms with Crippen LogP contribution < -0.4 is 11.5 Å². The van der Waals surface area contributed by atoms with Gasteiger partial charge in [0.1, 0.15) is 23.7 Å². The number of nitrogens with zero attached hydrogens (tertiary/aromatic N) is 8. The van der Waals surface area contributed by atoms with Gasteiger partial charge in [0.15, 0.2) is 21.6 Å². The highest BCUT2D eigenvalue weighted by Gasteiger charge is 2.43. The van der Waals surface area contributed by atoms with Crippen molar-refractivity contribution in [3.8, 4) is 0 Å². The van der Waals surface area contributed by atoms with E-state index in [9.17, 15) is 4.79 Å². The summed E-state index contributed by atoms with van der Waals surface area (Å²) < 4.78 is 15.1. The molecule has 4 aromatic rings. The fraction of sp³-hybridized carbons (Fsp3) is 0.286. The number of carbonyl (C=O) groups is 1. The molecule has 184 valence electrons. The third kappa shape index (κ3) is 3.42. The number of nitrogen functional groups attached to an aromatic ring is 2. The highest BCUT2D eigenvalue weighted by molar-refractivity contribution is 6.34. The standard InChI is InChI=1S/C21H18Cl2N10O3/c22-13-11-15(30-17(24)28-13)32(9-26-11)20(5-1-2-6-20)35-19(34)36-21(7-3-4-8-21)33-10-27-12-14(23)29-18(25)31-16(12)33/h1,3,5,7,9-10H,2,4,6,8H2,(H2,24,28,30)(H2,25,29,31). The number of anilines is 2. The molecule has 2 aliphatic carbocycles. The van der Waals surface area contributed by atoms with Gasteiger partial charge in [-0.05, 0) is 25.0 Å². The Hall–Kier alpha value is -3.97. The molecular weight excluding hydrogens is 511 g/mol. The van der Waals surface area contributed by atoms with Crippen LogP contribution in [0.2, 0.25) is 10.3 Å². The minimum absolute atomic E-state index is 0.0316. The van der Waals surface area contributed by atoms with Crippen LogP contribution in [0, 0.1) is 0 Å². The number of hydrogen-bond acceptors (Lipinski definition) is 11. The van der Waals surface area contributed by atoms with Crippen molar-refractivity contribution in [2.45, 2.75) is 37.1 Å². The van der Waals surface area contributed by atoms with Crippen molar-refractivity contribution in [2.24, 2.45) is 0 Å². The van der Waals surface area contributed by atoms with E-state index in [1.807, 2.05) is 12.2 Å². The topological polar surface area (TPSA) is 175 Å². The van der Waals surface area contributed by atoms with Crippen molar-refractivity contribution in [1.82, 2.24) is 39.0 Å². The zero-order valence-electron chi connectivity index (χ0n) is 18.5. The zero-order valence-corrected chi connectivity index (χ0v) is 20.0. The highest BCUT2D eigenvalue weighted by atomic mass is 35.5. The van der Waals surface area contributed by atoms with Crippen LogP contribution in [0.4, 0.5) is 16.7 Å². The van der Waals surface area contributed by atoms with Crippen LogP contribution in [0.25, 0.3) is 22.3 Å². The number of nitrogens with two attached hydrogens (primary N) is 2. The largest absolute Gasteiger partial charge is 0.513 e. The average Bonchev–Trinajstić information content (AvgIpc) is 3.59. The molecule has 4 aromatic heterocycles. The van der Waals surface area contributed by atoms with Gasteiger partial charge in [0.25, 0.3) is 0 Å². The van der Waals surface area contributed by atoms with Gasteiger partial charge in [-0.2, -0.15) is 19.9 Å². The number of carbonyl (C=O) groups excluding carboxylic acids is 1. The molecule has 0 saturated carbocycles. The van der Waals surface area contributed by atoms with E-state index in [-0.39, 0.29) is 22.2 Å². The van der Waals surface area contributed by atoms with E-state index in [1.165, 1.54) is 12.7 Å². The summed E-state index contributed by atoms with van der Waals surface area (Å²) in [5.74, 6) is -0.0631. The number of imidazole rings is 2. The molecule has 0 spiro atoms. The van der Waals surface area contributed by atoms with Crippen molar-refractivity contribution in [1.29, 1.82) is 0 Å². The molecule has 4 N–H and O–H groups in total. The maximum Gasteiger partial charge on any atom is 0.513 e. The highest BCUT2D eigenvalue weighted by Crippen LogP contribution is 2.39. The minimum atomic E-state index is -1.26. The molecule has 36 heavy (non-hydrogen) atoms. The van der Waals surface area contributed by atoms with Gasteiger partial charge in [-0.15, -0.1) is 0 Å². The Morgan fingerprint density at radius 1 is 0.806 bits per heavy atom. The molecule has 2 unspecified atom stereocenters. The summed E-state index contributed by atoms with van der Waals surface area (Å²) in [6.07, 6.45) is 11.4. The number of aromatic nitrogens is 8.